The summed E-state index contributed by atoms with van der Waals surface area (Å²) < 4.78 is 5.19. The van der Waals surface area contributed by atoms with Gasteiger partial charge in [-0.3, -0.25) is 9.59 Å². The van der Waals surface area contributed by atoms with Gasteiger partial charge in [0.25, 0.3) is 0 Å². The molecule has 6 heteroatoms. The van der Waals surface area contributed by atoms with Crippen LogP contribution in [0.2, 0.25) is 0 Å². The summed E-state index contributed by atoms with van der Waals surface area (Å²) in [5.74, 6) is 0.435. The molecule has 1 rings (SSSR count). The van der Waals surface area contributed by atoms with Crippen LogP contribution >= 0.6 is 12.6 Å². The molecule has 1 aromatic carbocycles. The molecule has 0 heterocycles. The summed E-state index contributed by atoms with van der Waals surface area (Å²) >= 11 is 4.05. The van der Waals surface area contributed by atoms with Crippen molar-refractivity contribution in [2.45, 2.75) is 19.5 Å². The van der Waals surface area contributed by atoms with Gasteiger partial charge in [-0.2, -0.15) is 12.6 Å². The van der Waals surface area contributed by atoms with E-state index in [-0.39, 0.29) is 17.6 Å². The van der Waals surface area contributed by atoms with Crippen molar-refractivity contribution in [3.8, 4) is 5.75 Å². The second kappa shape index (κ2) is 7.68. The van der Waals surface area contributed by atoms with Crippen LogP contribution < -0.4 is 15.4 Å². The van der Waals surface area contributed by atoms with Gasteiger partial charge in [0.2, 0.25) is 11.8 Å². The molecule has 1 atom stereocenters. The molecule has 0 aliphatic rings. The van der Waals surface area contributed by atoms with Gasteiger partial charge in [0.1, 0.15) is 11.8 Å². The summed E-state index contributed by atoms with van der Waals surface area (Å²) in [5.41, 5.74) is 0.874. The van der Waals surface area contributed by atoms with Crippen molar-refractivity contribution in [3.05, 3.63) is 29.8 Å². The van der Waals surface area contributed by atoms with Crippen molar-refractivity contribution >= 4 is 24.4 Å². The minimum absolute atomic E-state index is 0.247. The van der Waals surface area contributed by atoms with Crippen LogP contribution in [0.25, 0.3) is 0 Å². The van der Waals surface area contributed by atoms with Gasteiger partial charge in [0, 0.05) is 24.8 Å². The summed E-state index contributed by atoms with van der Waals surface area (Å²) in [6, 6.07) is 6.79. The molecular weight excluding hydrogens is 264 g/mol. The topological polar surface area (TPSA) is 67.4 Å². The molecule has 104 valence electrons. The van der Waals surface area contributed by atoms with Crippen LogP contribution in [-0.4, -0.2) is 30.7 Å². The van der Waals surface area contributed by atoms with Crippen LogP contribution in [0, 0.1) is 0 Å². The lowest BCUT2D eigenvalue weighted by Gasteiger charge is -2.16. The fourth-order valence-electron chi connectivity index (χ4n) is 1.59. The second-order valence-corrected chi connectivity index (χ2v) is 4.33. The number of carbonyl (C=O) groups is 2. The van der Waals surface area contributed by atoms with E-state index in [2.05, 4.69) is 23.3 Å². The molecule has 0 saturated carbocycles. The normalized spacial score (nSPS) is 11.5. The molecule has 5 nitrogen and oxygen atoms in total. The molecule has 0 radical (unpaired) electrons. The van der Waals surface area contributed by atoms with Gasteiger partial charge in [-0.25, -0.2) is 0 Å². The van der Waals surface area contributed by atoms with E-state index in [1.54, 1.807) is 7.11 Å². The molecule has 2 N–H and O–H groups in total. The first-order valence-electron chi connectivity index (χ1n) is 5.86. The van der Waals surface area contributed by atoms with E-state index >= 15 is 0 Å². The van der Waals surface area contributed by atoms with E-state index in [0.29, 0.717) is 12.3 Å². The maximum Gasteiger partial charge on any atom is 0.243 e. The third kappa shape index (κ3) is 4.82. The Balaban J connectivity index is 2.60. The summed E-state index contributed by atoms with van der Waals surface area (Å²) in [5, 5.41) is 5.28. The van der Waals surface area contributed by atoms with Gasteiger partial charge >= 0.3 is 0 Å². The molecule has 1 unspecified atom stereocenters. The Morgan fingerprint density at radius 3 is 2.63 bits per heavy atom. The van der Waals surface area contributed by atoms with Crippen LogP contribution in [0.4, 0.5) is 0 Å². The molecule has 2 amide bonds. The highest BCUT2D eigenvalue weighted by molar-refractivity contribution is 7.80. The summed E-state index contributed by atoms with van der Waals surface area (Å²) in [4.78, 5) is 22.8. The lowest BCUT2D eigenvalue weighted by molar-refractivity contribution is -0.127. The summed E-state index contributed by atoms with van der Waals surface area (Å²) in [6.45, 7) is 1.71. The largest absolute Gasteiger partial charge is 0.496 e. The minimum atomic E-state index is -0.629. The Bertz CT molecular complexity index is 451. The first-order valence-corrected chi connectivity index (χ1v) is 6.49. The Labute approximate surface area is 118 Å². The average Bonchev–Trinajstić information content (AvgIpc) is 2.42. The minimum Gasteiger partial charge on any atom is -0.496 e. The highest BCUT2D eigenvalue weighted by Gasteiger charge is 2.17. The molecule has 0 aliphatic carbocycles. The molecule has 1 aromatic rings. The number of benzene rings is 1. The molecule has 0 spiro atoms. The Kier molecular flexibility index (Phi) is 6.21. The van der Waals surface area contributed by atoms with E-state index in [1.807, 2.05) is 24.3 Å². The van der Waals surface area contributed by atoms with Gasteiger partial charge in [-0.05, 0) is 6.07 Å². The van der Waals surface area contributed by atoms with Crippen molar-refractivity contribution in [1.82, 2.24) is 10.6 Å². The molecular formula is C13H18N2O3S. The highest BCUT2D eigenvalue weighted by Crippen LogP contribution is 2.16. The predicted octanol–water partition coefficient (Wildman–Crippen LogP) is 0.746. The number of nitrogens with one attached hydrogen (secondary N) is 2. The van der Waals surface area contributed by atoms with E-state index < -0.39 is 6.04 Å². The van der Waals surface area contributed by atoms with E-state index in [1.165, 1.54) is 6.92 Å². The van der Waals surface area contributed by atoms with Crippen LogP contribution in [0.1, 0.15) is 12.5 Å². The van der Waals surface area contributed by atoms with Crippen molar-refractivity contribution in [2.75, 3.05) is 12.9 Å². The van der Waals surface area contributed by atoms with Crippen molar-refractivity contribution < 1.29 is 14.3 Å². The van der Waals surface area contributed by atoms with Crippen molar-refractivity contribution in [1.29, 1.82) is 0 Å². The smallest absolute Gasteiger partial charge is 0.243 e. The molecule has 0 fully saturated rings. The molecule has 0 aliphatic heterocycles. The standard InChI is InChI=1S/C13H18N2O3S/c1-9(16)15-11(8-19)13(17)14-7-10-5-3-4-6-12(10)18-2/h3-6,11,19H,7-8H2,1-2H3,(H,14,17)(H,15,16). The average molecular weight is 282 g/mol. The van der Waals surface area contributed by atoms with E-state index in [9.17, 15) is 9.59 Å². The van der Waals surface area contributed by atoms with Crippen LogP contribution in [0.15, 0.2) is 24.3 Å². The van der Waals surface area contributed by atoms with E-state index in [0.717, 1.165) is 5.56 Å². The van der Waals surface area contributed by atoms with Crippen LogP contribution in [0.3, 0.4) is 0 Å². The van der Waals surface area contributed by atoms with Crippen molar-refractivity contribution in [2.24, 2.45) is 0 Å². The maximum atomic E-state index is 11.9. The Morgan fingerprint density at radius 1 is 1.37 bits per heavy atom. The first kappa shape index (κ1) is 15.4. The zero-order chi connectivity index (χ0) is 14.3. The number of para-hydroxylation sites is 1. The number of ether oxygens (including phenoxy) is 1. The fourth-order valence-corrected chi connectivity index (χ4v) is 1.85. The molecule has 19 heavy (non-hydrogen) atoms. The van der Waals surface area contributed by atoms with Crippen molar-refractivity contribution in [3.63, 3.8) is 0 Å². The van der Waals surface area contributed by atoms with Gasteiger partial charge < -0.3 is 15.4 Å². The van der Waals surface area contributed by atoms with Crippen LogP contribution in [-0.2, 0) is 16.1 Å². The molecule has 0 saturated heterocycles. The van der Waals surface area contributed by atoms with Gasteiger partial charge in [0.15, 0.2) is 0 Å². The predicted molar refractivity (Wildman–Crippen MR) is 76.3 cm³/mol. The molecule has 0 bridgehead atoms. The monoisotopic (exact) mass is 282 g/mol. The highest BCUT2D eigenvalue weighted by atomic mass is 32.1. The number of thiol groups is 1. The third-order valence-electron chi connectivity index (χ3n) is 2.52. The van der Waals surface area contributed by atoms with Gasteiger partial charge in [-0.1, -0.05) is 18.2 Å². The second-order valence-electron chi connectivity index (χ2n) is 3.97. The number of carbonyl (C=O) groups excluding carboxylic acids is 2. The zero-order valence-corrected chi connectivity index (χ0v) is 11.9. The molecule has 0 aromatic heterocycles. The van der Waals surface area contributed by atoms with Gasteiger partial charge in [0.05, 0.1) is 7.11 Å². The number of amides is 2. The lowest BCUT2D eigenvalue weighted by Crippen LogP contribution is -2.47. The zero-order valence-electron chi connectivity index (χ0n) is 11.0. The number of rotatable bonds is 6. The van der Waals surface area contributed by atoms with Gasteiger partial charge in [-0.15, -0.1) is 0 Å². The van der Waals surface area contributed by atoms with E-state index in [4.69, 9.17) is 4.74 Å². The van der Waals surface area contributed by atoms with Crippen LogP contribution in [0.5, 0.6) is 5.75 Å². The Hall–Kier alpha value is -1.69. The fraction of sp³-hybridized carbons (Fsp3) is 0.385. The SMILES string of the molecule is COc1ccccc1CNC(=O)C(CS)NC(C)=O. The third-order valence-corrected chi connectivity index (χ3v) is 2.89. The first-order chi connectivity index (χ1) is 9.08. The number of hydrogen-bond acceptors (Lipinski definition) is 4. The Morgan fingerprint density at radius 2 is 2.05 bits per heavy atom. The number of methoxy groups -OCH3 is 1. The summed E-state index contributed by atoms with van der Waals surface area (Å²) in [6.07, 6.45) is 0. The number of hydrogen-bond donors (Lipinski definition) is 3. The lowest BCUT2D eigenvalue weighted by atomic mass is 10.2. The maximum absolute atomic E-state index is 11.9. The quantitative estimate of drug-likeness (QED) is 0.674. The summed E-state index contributed by atoms with van der Waals surface area (Å²) in [7, 11) is 1.58.